The van der Waals surface area contributed by atoms with Crippen LogP contribution in [-0.2, 0) is 14.8 Å². The number of amides is 1. The van der Waals surface area contributed by atoms with E-state index in [4.69, 9.17) is 9.47 Å². The standard InChI is InChI=1S/C21H28N2O5S/c1-16(17-11-13-18(27-2)14-12-17)22-21(24)10-7-15-23(29(4,25)26)19-8-5-6-9-20(19)28-3/h5-6,8-9,11-14,16H,7,10,15H2,1-4H3,(H,22,24)/t16-/m1/s1. The van der Waals surface area contributed by atoms with Crippen molar-refractivity contribution in [2.45, 2.75) is 25.8 Å². The fourth-order valence-electron chi connectivity index (χ4n) is 2.97. The predicted molar refractivity (Wildman–Crippen MR) is 114 cm³/mol. The number of carbonyl (C=O) groups is 1. The molecule has 2 rings (SSSR count). The maximum Gasteiger partial charge on any atom is 0.232 e. The number of para-hydroxylation sites is 2. The van der Waals surface area contributed by atoms with E-state index in [1.165, 1.54) is 11.4 Å². The summed E-state index contributed by atoms with van der Waals surface area (Å²) in [6.45, 7) is 2.08. The molecule has 0 heterocycles. The van der Waals surface area contributed by atoms with Gasteiger partial charge in [0.15, 0.2) is 0 Å². The molecule has 2 aromatic rings. The fraction of sp³-hybridized carbons (Fsp3) is 0.381. The molecule has 158 valence electrons. The van der Waals surface area contributed by atoms with E-state index in [0.29, 0.717) is 17.9 Å². The van der Waals surface area contributed by atoms with Crippen molar-refractivity contribution in [1.82, 2.24) is 5.32 Å². The highest BCUT2D eigenvalue weighted by Crippen LogP contribution is 2.29. The van der Waals surface area contributed by atoms with E-state index in [-0.39, 0.29) is 24.9 Å². The summed E-state index contributed by atoms with van der Waals surface area (Å²) >= 11 is 0. The van der Waals surface area contributed by atoms with Gasteiger partial charge in [0.2, 0.25) is 15.9 Å². The van der Waals surface area contributed by atoms with Crippen LogP contribution in [0.25, 0.3) is 0 Å². The van der Waals surface area contributed by atoms with Crippen LogP contribution in [0.1, 0.15) is 31.4 Å². The molecule has 0 unspecified atom stereocenters. The van der Waals surface area contributed by atoms with Gasteiger partial charge in [0.05, 0.1) is 32.2 Å². The van der Waals surface area contributed by atoms with Gasteiger partial charge in [0.1, 0.15) is 11.5 Å². The molecule has 8 heteroatoms. The van der Waals surface area contributed by atoms with E-state index >= 15 is 0 Å². The van der Waals surface area contributed by atoms with Crippen LogP contribution in [0, 0.1) is 0 Å². The molecule has 0 aromatic heterocycles. The first kappa shape index (κ1) is 22.5. The van der Waals surface area contributed by atoms with Gasteiger partial charge < -0.3 is 14.8 Å². The molecule has 0 spiro atoms. The maximum absolute atomic E-state index is 12.3. The van der Waals surface area contributed by atoms with E-state index in [1.54, 1.807) is 31.4 Å². The van der Waals surface area contributed by atoms with Crippen LogP contribution >= 0.6 is 0 Å². The summed E-state index contributed by atoms with van der Waals surface area (Å²) < 4.78 is 36.2. The normalized spacial score (nSPS) is 12.1. The van der Waals surface area contributed by atoms with E-state index < -0.39 is 10.0 Å². The number of anilines is 1. The van der Waals surface area contributed by atoms with Gasteiger partial charge in [-0.1, -0.05) is 24.3 Å². The summed E-state index contributed by atoms with van der Waals surface area (Å²) in [6.07, 6.45) is 1.74. The summed E-state index contributed by atoms with van der Waals surface area (Å²) in [5, 5.41) is 2.94. The lowest BCUT2D eigenvalue weighted by molar-refractivity contribution is -0.121. The Bertz CT molecular complexity index is 913. The Hall–Kier alpha value is -2.74. The smallest absolute Gasteiger partial charge is 0.232 e. The molecular weight excluding hydrogens is 392 g/mol. The third-order valence-electron chi connectivity index (χ3n) is 4.51. The van der Waals surface area contributed by atoms with Crippen LogP contribution in [0.4, 0.5) is 5.69 Å². The Morgan fingerprint density at radius 1 is 1.07 bits per heavy atom. The molecule has 0 aliphatic heterocycles. The lowest BCUT2D eigenvalue weighted by Crippen LogP contribution is -2.32. The first-order valence-electron chi connectivity index (χ1n) is 9.30. The van der Waals surface area contributed by atoms with Crippen molar-refractivity contribution in [2.75, 3.05) is 31.3 Å². The number of hydrogen-bond donors (Lipinski definition) is 1. The lowest BCUT2D eigenvalue weighted by Gasteiger charge is -2.24. The Morgan fingerprint density at radius 3 is 2.31 bits per heavy atom. The van der Waals surface area contributed by atoms with Crippen LogP contribution in [0.2, 0.25) is 0 Å². The summed E-state index contributed by atoms with van der Waals surface area (Å²) in [7, 11) is -0.416. The number of benzene rings is 2. The predicted octanol–water partition coefficient (Wildman–Crippen LogP) is 3.13. The minimum Gasteiger partial charge on any atom is -0.497 e. The minimum absolute atomic E-state index is 0.137. The molecule has 1 N–H and O–H groups in total. The Kier molecular flexibility index (Phi) is 7.90. The Morgan fingerprint density at radius 2 is 1.72 bits per heavy atom. The zero-order valence-corrected chi connectivity index (χ0v) is 18.0. The van der Waals surface area contributed by atoms with Gasteiger partial charge in [-0.25, -0.2) is 8.42 Å². The van der Waals surface area contributed by atoms with Crippen molar-refractivity contribution >= 4 is 21.6 Å². The highest BCUT2D eigenvalue weighted by molar-refractivity contribution is 7.92. The van der Waals surface area contributed by atoms with Gasteiger partial charge >= 0.3 is 0 Å². The lowest BCUT2D eigenvalue weighted by atomic mass is 10.1. The highest BCUT2D eigenvalue weighted by atomic mass is 32.2. The first-order chi connectivity index (χ1) is 13.8. The quantitative estimate of drug-likeness (QED) is 0.638. The van der Waals surface area contributed by atoms with Gasteiger partial charge in [-0.3, -0.25) is 9.10 Å². The van der Waals surface area contributed by atoms with E-state index in [1.807, 2.05) is 31.2 Å². The summed E-state index contributed by atoms with van der Waals surface area (Å²) in [5.41, 5.74) is 1.43. The molecule has 0 fully saturated rings. The van der Waals surface area contributed by atoms with Gasteiger partial charge in [0.25, 0.3) is 0 Å². The second-order valence-corrected chi connectivity index (χ2v) is 8.58. The Balaban J connectivity index is 1.95. The van der Waals surface area contributed by atoms with Crippen molar-refractivity contribution < 1.29 is 22.7 Å². The van der Waals surface area contributed by atoms with Crippen LogP contribution in [-0.4, -0.2) is 41.3 Å². The molecule has 2 aromatic carbocycles. The second-order valence-electron chi connectivity index (χ2n) is 6.67. The third kappa shape index (κ3) is 6.39. The molecule has 0 saturated heterocycles. The van der Waals surface area contributed by atoms with E-state index in [0.717, 1.165) is 17.6 Å². The minimum atomic E-state index is -3.51. The maximum atomic E-state index is 12.3. The van der Waals surface area contributed by atoms with Crippen LogP contribution in [0.5, 0.6) is 11.5 Å². The number of ether oxygens (including phenoxy) is 2. The van der Waals surface area contributed by atoms with Crippen molar-refractivity contribution in [2.24, 2.45) is 0 Å². The van der Waals surface area contributed by atoms with Crippen LogP contribution in [0.3, 0.4) is 0 Å². The number of nitrogens with one attached hydrogen (secondary N) is 1. The summed E-state index contributed by atoms with van der Waals surface area (Å²) in [6, 6.07) is 14.2. The van der Waals surface area contributed by atoms with E-state index in [9.17, 15) is 13.2 Å². The molecule has 0 bridgehead atoms. The van der Waals surface area contributed by atoms with Crippen molar-refractivity contribution in [3.8, 4) is 11.5 Å². The number of rotatable bonds is 10. The van der Waals surface area contributed by atoms with Crippen LogP contribution < -0.4 is 19.1 Å². The van der Waals surface area contributed by atoms with Gasteiger partial charge in [-0.05, 0) is 43.2 Å². The van der Waals surface area contributed by atoms with Gasteiger partial charge in [0, 0.05) is 13.0 Å². The molecule has 0 radical (unpaired) electrons. The van der Waals surface area contributed by atoms with Gasteiger partial charge in [-0.2, -0.15) is 0 Å². The third-order valence-corrected chi connectivity index (χ3v) is 5.69. The first-order valence-corrected chi connectivity index (χ1v) is 11.1. The summed E-state index contributed by atoms with van der Waals surface area (Å²) in [4.78, 5) is 12.3. The molecule has 29 heavy (non-hydrogen) atoms. The van der Waals surface area contributed by atoms with Crippen molar-refractivity contribution in [1.29, 1.82) is 0 Å². The molecule has 1 amide bonds. The van der Waals surface area contributed by atoms with Crippen molar-refractivity contribution in [3.05, 3.63) is 54.1 Å². The summed E-state index contributed by atoms with van der Waals surface area (Å²) in [5.74, 6) is 1.08. The number of sulfonamides is 1. The van der Waals surface area contributed by atoms with Gasteiger partial charge in [-0.15, -0.1) is 0 Å². The average Bonchev–Trinajstić information content (AvgIpc) is 2.70. The molecule has 0 aliphatic rings. The molecule has 0 aliphatic carbocycles. The zero-order valence-electron chi connectivity index (χ0n) is 17.2. The number of carbonyl (C=O) groups excluding carboxylic acids is 1. The van der Waals surface area contributed by atoms with Crippen molar-refractivity contribution in [3.63, 3.8) is 0 Å². The molecule has 1 atom stereocenters. The Labute approximate surface area is 172 Å². The zero-order chi connectivity index (χ0) is 21.4. The van der Waals surface area contributed by atoms with Crippen LogP contribution in [0.15, 0.2) is 48.5 Å². The largest absolute Gasteiger partial charge is 0.497 e. The number of methoxy groups -OCH3 is 2. The molecule has 0 saturated carbocycles. The average molecular weight is 421 g/mol. The monoisotopic (exact) mass is 420 g/mol. The number of nitrogens with zero attached hydrogens (tertiary/aromatic N) is 1. The highest BCUT2D eigenvalue weighted by Gasteiger charge is 2.21. The fourth-order valence-corrected chi connectivity index (χ4v) is 3.94. The topological polar surface area (TPSA) is 84.9 Å². The SMILES string of the molecule is COc1ccc([C@@H](C)NC(=O)CCCN(c2ccccc2OC)S(C)(=O)=O)cc1. The molecule has 7 nitrogen and oxygen atoms in total. The van der Waals surface area contributed by atoms with E-state index in [2.05, 4.69) is 5.32 Å². The number of hydrogen-bond acceptors (Lipinski definition) is 5. The molecular formula is C21H28N2O5S. The second kappa shape index (κ2) is 10.2.